The lowest BCUT2D eigenvalue weighted by Crippen LogP contribution is -2.32. The molecule has 1 heterocycles. The molecule has 1 atom stereocenters. The van der Waals surface area contributed by atoms with E-state index in [9.17, 15) is 4.79 Å². The average Bonchev–Trinajstić information content (AvgIpc) is 2.91. The molecule has 1 aromatic rings. The van der Waals surface area contributed by atoms with Gasteiger partial charge in [-0.1, -0.05) is 11.6 Å². The Morgan fingerprint density at radius 3 is 2.95 bits per heavy atom. The van der Waals surface area contributed by atoms with Gasteiger partial charge in [0.15, 0.2) is 0 Å². The van der Waals surface area contributed by atoms with Gasteiger partial charge in [0.25, 0.3) is 5.91 Å². The van der Waals surface area contributed by atoms with Crippen molar-refractivity contribution in [2.45, 2.75) is 18.9 Å². The third kappa shape index (κ3) is 3.91. The highest BCUT2D eigenvalue weighted by Gasteiger charge is 2.19. The van der Waals surface area contributed by atoms with Gasteiger partial charge in [-0.05, 0) is 18.9 Å². The Hall–Kier alpha value is -1.17. The number of nitrogens with one attached hydrogen (secondary N) is 1. The van der Waals surface area contributed by atoms with E-state index in [4.69, 9.17) is 26.8 Å². The summed E-state index contributed by atoms with van der Waals surface area (Å²) in [4.78, 5) is 12.1. The van der Waals surface area contributed by atoms with E-state index < -0.39 is 0 Å². The highest BCUT2D eigenvalue weighted by molar-refractivity contribution is 6.33. The molecule has 2 rings (SSSR count). The molecule has 20 heavy (non-hydrogen) atoms. The van der Waals surface area contributed by atoms with Crippen molar-refractivity contribution in [3.63, 3.8) is 0 Å². The van der Waals surface area contributed by atoms with Crippen LogP contribution in [0.4, 0.5) is 5.69 Å². The molecule has 1 aliphatic rings. The number of hydrogen-bond donors (Lipinski definition) is 2. The fourth-order valence-electron chi connectivity index (χ4n) is 2.02. The van der Waals surface area contributed by atoms with Crippen LogP contribution in [0.1, 0.15) is 23.2 Å². The third-order valence-electron chi connectivity index (χ3n) is 3.08. The minimum absolute atomic E-state index is 0. The van der Waals surface area contributed by atoms with Crippen molar-refractivity contribution in [3.8, 4) is 5.75 Å². The fourth-order valence-corrected chi connectivity index (χ4v) is 2.19. The zero-order valence-corrected chi connectivity index (χ0v) is 12.7. The number of nitrogens with two attached hydrogens (primary N) is 1. The maximum absolute atomic E-state index is 12.1. The summed E-state index contributed by atoms with van der Waals surface area (Å²) in [5.74, 6) is 0.168. The molecule has 1 aromatic carbocycles. The first-order valence-corrected chi connectivity index (χ1v) is 6.52. The predicted octanol–water partition coefficient (Wildman–Crippen LogP) is 2.26. The van der Waals surface area contributed by atoms with Crippen molar-refractivity contribution in [1.82, 2.24) is 5.32 Å². The summed E-state index contributed by atoms with van der Waals surface area (Å²) in [5, 5.41) is 3.16. The summed E-state index contributed by atoms with van der Waals surface area (Å²) in [6.45, 7) is 1.25. The Kier molecular flexibility index (Phi) is 6.39. The number of rotatable bonds is 4. The van der Waals surface area contributed by atoms with E-state index in [1.54, 1.807) is 6.07 Å². The number of amides is 1. The highest BCUT2D eigenvalue weighted by atomic mass is 35.5. The zero-order valence-electron chi connectivity index (χ0n) is 11.1. The van der Waals surface area contributed by atoms with Crippen LogP contribution in [0.5, 0.6) is 5.75 Å². The van der Waals surface area contributed by atoms with Crippen LogP contribution in [0.3, 0.4) is 0 Å². The molecule has 112 valence electrons. The van der Waals surface area contributed by atoms with Gasteiger partial charge in [0.2, 0.25) is 0 Å². The molecule has 1 amide bonds. The molecular formula is C13H18Cl2N2O3. The van der Waals surface area contributed by atoms with Crippen LogP contribution in [0.2, 0.25) is 5.02 Å². The Balaban J connectivity index is 0.00000200. The van der Waals surface area contributed by atoms with Gasteiger partial charge in [-0.2, -0.15) is 0 Å². The molecule has 1 unspecified atom stereocenters. The Morgan fingerprint density at radius 1 is 1.60 bits per heavy atom. The molecule has 0 aliphatic carbocycles. The second kappa shape index (κ2) is 7.57. The predicted molar refractivity (Wildman–Crippen MR) is 81.0 cm³/mol. The topological polar surface area (TPSA) is 73.6 Å². The molecule has 0 saturated carbocycles. The van der Waals surface area contributed by atoms with Crippen molar-refractivity contribution < 1.29 is 14.3 Å². The molecule has 0 bridgehead atoms. The minimum atomic E-state index is -0.241. The summed E-state index contributed by atoms with van der Waals surface area (Å²) in [6, 6.07) is 3.06. The number of nitrogen functional groups attached to an aromatic ring is 1. The van der Waals surface area contributed by atoms with Crippen LogP contribution in [-0.2, 0) is 4.74 Å². The number of hydrogen-bond acceptors (Lipinski definition) is 4. The first-order valence-electron chi connectivity index (χ1n) is 6.14. The molecule has 5 nitrogen and oxygen atoms in total. The lowest BCUT2D eigenvalue weighted by molar-refractivity contribution is 0.0855. The third-order valence-corrected chi connectivity index (χ3v) is 3.41. The van der Waals surface area contributed by atoms with E-state index in [0.717, 1.165) is 19.4 Å². The maximum Gasteiger partial charge on any atom is 0.255 e. The fraction of sp³-hybridized carbons (Fsp3) is 0.462. The van der Waals surface area contributed by atoms with E-state index in [1.165, 1.54) is 13.2 Å². The standard InChI is InChI=1S/C13H17ClN2O3.ClH/c1-18-12-6-11(15)10(14)5-9(12)13(17)16-7-8-3-2-4-19-8;/h5-6,8H,2-4,7,15H2,1H3,(H,16,17);1H. The number of carbonyl (C=O) groups excluding carboxylic acids is 1. The van der Waals surface area contributed by atoms with Gasteiger partial charge in [0, 0.05) is 19.2 Å². The summed E-state index contributed by atoms with van der Waals surface area (Å²) in [7, 11) is 1.49. The second-order valence-corrected chi connectivity index (χ2v) is 4.83. The molecule has 7 heteroatoms. The molecule has 1 fully saturated rings. The van der Waals surface area contributed by atoms with Crippen molar-refractivity contribution >= 4 is 35.6 Å². The van der Waals surface area contributed by atoms with Gasteiger partial charge < -0.3 is 20.5 Å². The Bertz CT molecular complexity index is 477. The van der Waals surface area contributed by atoms with Gasteiger partial charge in [-0.3, -0.25) is 4.79 Å². The summed E-state index contributed by atoms with van der Waals surface area (Å²) >= 11 is 5.93. The van der Waals surface area contributed by atoms with E-state index in [2.05, 4.69) is 5.32 Å². The molecular weight excluding hydrogens is 303 g/mol. The van der Waals surface area contributed by atoms with Crippen molar-refractivity contribution in [1.29, 1.82) is 0 Å². The van der Waals surface area contributed by atoms with Gasteiger partial charge in [-0.25, -0.2) is 0 Å². The van der Waals surface area contributed by atoms with Crippen molar-refractivity contribution in [3.05, 3.63) is 22.7 Å². The maximum atomic E-state index is 12.1. The lowest BCUT2D eigenvalue weighted by Gasteiger charge is -2.13. The summed E-state index contributed by atoms with van der Waals surface area (Å²) in [6.07, 6.45) is 2.11. The van der Waals surface area contributed by atoms with E-state index in [0.29, 0.717) is 28.6 Å². The van der Waals surface area contributed by atoms with Crippen LogP contribution in [-0.4, -0.2) is 32.3 Å². The number of ether oxygens (including phenoxy) is 2. The molecule has 1 saturated heterocycles. The summed E-state index contributed by atoms with van der Waals surface area (Å²) in [5.41, 5.74) is 6.43. The van der Waals surface area contributed by atoms with E-state index in [1.807, 2.05) is 0 Å². The minimum Gasteiger partial charge on any atom is -0.496 e. The quantitative estimate of drug-likeness (QED) is 0.834. The van der Waals surface area contributed by atoms with Gasteiger partial charge in [0.05, 0.1) is 29.5 Å². The smallest absolute Gasteiger partial charge is 0.255 e. The Labute approximate surface area is 129 Å². The Morgan fingerprint density at radius 2 is 2.35 bits per heavy atom. The normalized spacial score (nSPS) is 17.4. The van der Waals surface area contributed by atoms with E-state index in [-0.39, 0.29) is 24.4 Å². The molecule has 0 aromatic heterocycles. The molecule has 3 N–H and O–H groups in total. The van der Waals surface area contributed by atoms with Crippen LogP contribution in [0.25, 0.3) is 0 Å². The van der Waals surface area contributed by atoms with Crippen LogP contribution in [0.15, 0.2) is 12.1 Å². The van der Waals surface area contributed by atoms with Crippen molar-refractivity contribution in [2.24, 2.45) is 0 Å². The molecule has 0 spiro atoms. The largest absolute Gasteiger partial charge is 0.496 e. The first kappa shape index (κ1) is 16.9. The van der Waals surface area contributed by atoms with E-state index >= 15 is 0 Å². The number of anilines is 1. The van der Waals surface area contributed by atoms with Gasteiger partial charge >= 0.3 is 0 Å². The van der Waals surface area contributed by atoms with Crippen LogP contribution in [0, 0.1) is 0 Å². The van der Waals surface area contributed by atoms with Crippen LogP contribution < -0.4 is 15.8 Å². The second-order valence-electron chi connectivity index (χ2n) is 4.42. The number of halogens is 2. The summed E-state index contributed by atoms with van der Waals surface area (Å²) < 4.78 is 10.6. The first-order chi connectivity index (χ1) is 9.11. The van der Waals surface area contributed by atoms with Crippen molar-refractivity contribution in [2.75, 3.05) is 26.0 Å². The van der Waals surface area contributed by atoms with Gasteiger partial charge in [-0.15, -0.1) is 12.4 Å². The highest BCUT2D eigenvalue weighted by Crippen LogP contribution is 2.28. The average molecular weight is 321 g/mol. The zero-order chi connectivity index (χ0) is 13.8. The van der Waals surface area contributed by atoms with Crippen LogP contribution >= 0.6 is 24.0 Å². The lowest BCUT2D eigenvalue weighted by atomic mass is 10.1. The SMILES string of the molecule is COc1cc(N)c(Cl)cc1C(=O)NCC1CCCO1.Cl. The number of carbonyl (C=O) groups is 1. The molecule has 1 aliphatic heterocycles. The number of benzene rings is 1. The van der Waals surface area contributed by atoms with Gasteiger partial charge in [0.1, 0.15) is 5.75 Å². The number of methoxy groups -OCH3 is 1. The monoisotopic (exact) mass is 320 g/mol. The molecule has 0 radical (unpaired) electrons.